The van der Waals surface area contributed by atoms with E-state index in [1.54, 1.807) is 20.8 Å². The summed E-state index contributed by atoms with van der Waals surface area (Å²) in [5, 5.41) is 0. The van der Waals surface area contributed by atoms with Crippen LogP contribution in [0.3, 0.4) is 0 Å². The lowest BCUT2D eigenvalue weighted by Gasteiger charge is -2.31. The Bertz CT molecular complexity index is 718. The van der Waals surface area contributed by atoms with Crippen LogP contribution in [0, 0.1) is 17.8 Å². The molecular formula is C33H61NO7. The Morgan fingerprint density at radius 2 is 0.854 bits per heavy atom. The summed E-state index contributed by atoms with van der Waals surface area (Å²) < 4.78 is 17.1. The first kappa shape index (κ1) is 38.9. The molecule has 0 fully saturated rings. The van der Waals surface area contributed by atoms with E-state index in [0.29, 0.717) is 19.3 Å². The van der Waals surface area contributed by atoms with Crippen LogP contribution >= 0.6 is 0 Å². The van der Waals surface area contributed by atoms with Crippen LogP contribution in [-0.4, -0.2) is 60.1 Å². The summed E-state index contributed by atoms with van der Waals surface area (Å²) in [6, 6.07) is 0. The number of carbonyl (C=O) groups is 4. The van der Waals surface area contributed by atoms with E-state index in [9.17, 15) is 19.2 Å². The van der Waals surface area contributed by atoms with Gasteiger partial charge in [0.2, 0.25) is 0 Å². The van der Waals surface area contributed by atoms with E-state index in [0.717, 1.165) is 57.8 Å². The molecule has 0 radical (unpaired) electrons. The Hall–Kier alpha value is -2.12. The number of ether oxygens (including phenoxy) is 3. The van der Waals surface area contributed by atoms with Gasteiger partial charge in [0.25, 0.3) is 5.91 Å². The maximum atomic E-state index is 13.6. The molecule has 0 aromatic carbocycles. The quantitative estimate of drug-likeness (QED) is 0.0922. The molecule has 0 aromatic rings. The molecule has 0 aromatic heterocycles. The minimum Gasteiger partial charge on any atom is -0.461 e. The first-order chi connectivity index (χ1) is 19.5. The summed E-state index contributed by atoms with van der Waals surface area (Å²) in [6.45, 7) is 17.5. The number of amides is 1. The van der Waals surface area contributed by atoms with E-state index in [1.807, 2.05) is 20.8 Å². The molecule has 0 saturated carbocycles. The van der Waals surface area contributed by atoms with Gasteiger partial charge in [0, 0.05) is 0 Å². The van der Waals surface area contributed by atoms with Gasteiger partial charge < -0.3 is 19.1 Å². The lowest BCUT2D eigenvalue weighted by molar-refractivity contribution is -0.166. The number of hydrogen-bond donors (Lipinski definition) is 0. The van der Waals surface area contributed by atoms with Crippen LogP contribution in [-0.2, 0) is 33.4 Å². The summed E-state index contributed by atoms with van der Waals surface area (Å²) in [6.07, 6.45) is 7.96. The molecule has 0 aliphatic rings. The van der Waals surface area contributed by atoms with Crippen molar-refractivity contribution >= 4 is 23.8 Å². The van der Waals surface area contributed by atoms with Crippen molar-refractivity contribution in [3.8, 4) is 0 Å². The Kier molecular flexibility index (Phi) is 21.3. The lowest BCUT2D eigenvalue weighted by atomic mass is 9.99. The Morgan fingerprint density at radius 3 is 1.15 bits per heavy atom. The maximum Gasteiger partial charge on any atom is 0.309 e. The molecule has 0 spiro atoms. The van der Waals surface area contributed by atoms with Crippen molar-refractivity contribution in [3.63, 3.8) is 0 Å². The minimum absolute atomic E-state index is 0.110. The number of esters is 3. The summed E-state index contributed by atoms with van der Waals surface area (Å²) in [5.74, 6) is -1.89. The fraction of sp³-hybridized carbons (Fsp3) is 0.879. The van der Waals surface area contributed by atoms with Crippen LogP contribution in [0.15, 0.2) is 0 Å². The van der Waals surface area contributed by atoms with Crippen molar-refractivity contribution in [1.29, 1.82) is 0 Å². The molecule has 8 nitrogen and oxygen atoms in total. The highest BCUT2D eigenvalue weighted by atomic mass is 16.6. The highest BCUT2D eigenvalue weighted by Gasteiger charge is 2.31. The van der Waals surface area contributed by atoms with Gasteiger partial charge in [0.05, 0.1) is 30.8 Å². The lowest BCUT2D eigenvalue weighted by Crippen LogP contribution is -2.48. The molecule has 8 heteroatoms. The minimum atomic E-state index is -1.01. The molecule has 0 aliphatic carbocycles. The van der Waals surface area contributed by atoms with Crippen LogP contribution in [0.25, 0.3) is 0 Å². The topological polar surface area (TPSA) is 99.2 Å². The van der Waals surface area contributed by atoms with Crippen LogP contribution < -0.4 is 0 Å². The van der Waals surface area contributed by atoms with E-state index < -0.39 is 24.2 Å². The van der Waals surface area contributed by atoms with Gasteiger partial charge in [-0.25, -0.2) is 0 Å². The first-order valence-electron chi connectivity index (χ1n) is 16.4. The Labute approximate surface area is 250 Å². The van der Waals surface area contributed by atoms with E-state index in [4.69, 9.17) is 14.2 Å². The largest absolute Gasteiger partial charge is 0.461 e. The van der Waals surface area contributed by atoms with Gasteiger partial charge >= 0.3 is 17.9 Å². The molecule has 6 atom stereocenters. The van der Waals surface area contributed by atoms with E-state index >= 15 is 0 Å². The summed E-state index contributed by atoms with van der Waals surface area (Å²) in [5.41, 5.74) is 0. The van der Waals surface area contributed by atoms with Crippen LogP contribution in [0.5, 0.6) is 0 Å². The summed E-state index contributed by atoms with van der Waals surface area (Å²) in [4.78, 5) is 53.5. The molecule has 0 rings (SSSR count). The Morgan fingerprint density at radius 1 is 0.537 bits per heavy atom. The fourth-order valence-electron chi connectivity index (χ4n) is 4.93. The maximum absolute atomic E-state index is 13.6. The highest BCUT2D eigenvalue weighted by Crippen LogP contribution is 2.19. The van der Waals surface area contributed by atoms with Gasteiger partial charge in [-0.2, -0.15) is 0 Å². The predicted octanol–water partition coefficient (Wildman–Crippen LogP) is 7.26. The number of nitrogens with zero attached hydrogens (tertiary/aromatic N) is 1. The van der Waals surface area contributed by atoms with Crippen LogP contribution in [0.4, 0.5) is 0 Å². The van der Waals surface area contributed by atoms with E-state index in [2.05, 4.69) is 20.8 Å². The zero-order valence-electron chi connectivity index (χ0n) is 27.7. The van der Waals surface area contributed by atoms with E-state index in [-0.39, 0.29) is 48.8 Å². The van der Waals surface area contributed by atoms with Crippen molar-refractivity contribution in [2.75, 3.05) is 13.1 Å². The summed E-state index contributed by atoms with van der Waals surface area (Å²) in [7, 11) is 0. The molecule has 0 heterocycles. The Balaban J connectivity index is 5.63. The van der Waals surface area contributed by atoms with Gasteiger partial charge in [0.15, 0.2) is 6.10 Å². The molecule has 0 aliphatic heterocycles. The SMILES string of the molecule is CCCC[C@H](CC)C(=O)O[C@H](C)CN(C[C@H](C)OC(=O)[C@H](CC)CCCC)C(=O)[C@@H](C)OC(=O)[C@@H](CC)CCCC. The number of unbranched alkanes of at least 4 members (excludes halogenated alkanes) is 3. The monoisotopic (exact) mass is 583 g/mol. The van der Waals surface area contributed by atoms with Crippen molar-refractivity contribution in [2.24, 2.45) is 17.8 Å². The molecule has 1 amide bonds. The van der Waals surface area contributed by atoms with E-state index in [1.165, 1.54) is 4.90 Å². The molecule has 0 saturated heterocycles. The zero-order chi connectivity index (χ0) is 31.4. The first-order valence-corrected chi connectivity index (χ1v) is 16.4. The fourth-order valence-corrected chi connectivity index (χ4v) is 4.93. The molecule has 0 unspecified atom stereocenters. The van der Waals surface area contributed by atoms with Gasteiger partial charge in [-0.15, -0.1) is 0 Å². The molecule has 0 bridgehead atoms. The van der Waals surface area contributed by atoms with Crippen LogP contribution in [0.1, 0.15) is 139 Å². The number of rotatable bonds is 23. The average molecular weight is 584 g/mol. The summed E-state index contributed by atoms with van der Waals surface area (Å²) >= 11 is 0. The van der Waals surface area contributed by atoms with Gasteiger partial charge in [-0.3, -0.25) is 19.2 Å². The normalized spacial score (nSPS) is 15.6. The second kappa shape index (κ2) is 22.5. The zero-order valence-corrected chi connectivity index (χ0v) is 27.7. The standard InChI is InChI=1S/C33H61NO7/c1-10-16-19-27(13-4)31(36)39-24(7)22-34(23-25(8)40-32(37)28(14-5)20-17-11-2)30(35)26(9)41-33(38)29(15-6)21-18-12-3/h24-29H,10-23H2,1-9H3/t24-,25+,26-,27+,28-,29+/m1/s1. The smallest absolute Gasteiger partial charge is 0.309 e. The second-order valence-electron chi connectivity index (χ2n) is 11.6. The molecule has 0 N–H and O–H groups in total. The molecule has 41 heavy (non-hydrogen) atoms. The van der Waals surface area contributed by atoms with Crippen molar-refractivity contribution in [1.82, 2.24) is 4.90 Å². The average Bonchev–Trinajstić information content (AvgIpc) is 2.93. The highest BCUT2D eigenvalue weighted by molar-refractivity contribution is 5.84. The second-order valence-corrected chi connectivity index (χ2v) is 11.6. The van der Waals surface area contributed by atoms with Gasteiger partial charge in [0.1, 0.15) is 12.2 Å². The number of carbonyl (C=O) groups excluding carboxylic acids is 4. The third kappa shape index (κ3) is 15.6. The van der Waals surface area contributed by atoms with Crippen molar-refractivity contribution in [2.45, 2.75) is 158 Å². The van der Waals surface area contributed by atoms with Crippen molar-refractivity contribution < 1.29 is 33.4 Å². The van der Waals surface area contributed by atoms with Gasteiger partial charge in [-0.05, 0) is 59.3 Å². The third-order valence-corrected chi connectivity index (χ3v) is 7.74. The molecule has 240 valence electrons. The van der Waals surface area contributed by atoms with Crippen LogP contribution in [0.2, 0.25) is 0 Å². The van der Waals surface area contributed by atoms with Gasteiger partial charge in [-0.1, -0.05) is 80.1 Å². The predicted molar refractivity (Wildman–Crippen MR) is 163 cm³/mol. The third-order valence-electron chi connectivity index (χ3n) is 7.74. The number of hydrogen-bond acceptors (Lipinski definition) is 7. The molecular weight excluding hydrogens is 522 g/mol. The van der Waals surface area contributed by atoms with Crippen molar-refractivity contribution in [3.05, 3.63) is 0 Å².